The lowest BCUT2D eigenvalue weighted by atomic mass is 10.3. The molecule has 0 saturated heterocycles. The fourth-order valence-corrected chi connectivity index (χ4v) is 9.89. The van der Waals surface area contributed by atoms with Crippen molar-refractivity contribution in [3.8, 4) is 0 Å². The van der Waals surface area contributed by atoms with E-state index in [0.29, 0.717) is 0 Å². The summed E-state index contributed by atoms with van der Waals surface area (Å²) in [5.41, 5.74) is 1.26. The lowest BCUT2D eigenvalue weighted by Crippen LogP contribution is -2.37. The number of hydrogen-bond acceptors (Lipinski definition) is 2. The van der Waals surface area contributed by atoms with Crippen LogP contribution in [0.1, 0.15) is 52.4 Å². The van der Waals surface area contributed by atoms with Gasteiger partial charge in [-0.2, -0.15) is 0 Å². The van der Waals surface area contributed by atoms with Gasteiger partial charge in [0.2, 0.25) is 0 Å². The normalized spacial score (nSPS) is 13.8. The molecule has 0 aliphatic heterocycles. The Balaban J connectivity index is 3.64. The lowest BCUT2D eigenvalue weighted by molar-refractivity contribution is 0.290. The Labute approximate surface area is 117 Å². The average Bonchev–Trinajstić information content (AvgIpc) is 2.30. The Kier molecular flexibility index (Phi) is 11.4. The molecule has 0 amide bonds. The van der Waals surface area contributed by atoms with Gasteiger partial charge in [-0.05, 0) is 38.2 Å². The molecule has 4 heteroatoms. The molecule has 0 aromatic carbocycles. The smallest absolute Gasteiger partial charge is 0.186 e. The predicted molar refractivity (Wildman–Crippen MR) is 86.3 cm³/mol. The van der Waals surface area contributed by atoms with Crippen molar-refractivity contribution in [1.29, 1.82) is 0 Å². The summed E-state index contributed by atoms with van der Waals surface area (Å²) in [7, 11) is -2.44. The minimum atomic E-state index is -1.45. The molecular weight excluding hydrogens is 256 g/mol. The monoisotopic (exact) mass is 290 g/mol. The van der Waals surface area contributed by atoms with Gasteiger partial charge >= 0.3 is 0 Å². The third-order valence-corrected chi connectivity index (χ3v) is 11.2. The van der Waals surface area contributed by atoms with Crippen LogP contribution in [0, 0.1) is 0 Å². The summed E-state index contributed by atoms with van der Waals surface area (Å²) in [5.74, 6) is 0. The molecule has 0 radical (unpaired) electrons. The first-order valence-electron chi connectivity index (χ1n) is 7.77. The molecule has 2 nitrogen and oxygen atoms in total. The van der Waals surface area contributed by atoms with Crippen LogP contribution in [0.4, 0.5) is 0 Å². The maximum absolute atomic E-state index is 6.12. The van der Waals surface area contributed by atoms with Crippen molar-refractivity contribution < 1.29 is 8.85 Å². The van der Waals surface area contributed by atoms with E-state index in [1.54, 1.807) is 0 Å². The highest BCUT2D eigenvalue weighted by molar-refractivity contribution is 6.82. The van der Waals surface area contributed by atoms with Crippen LogP contribution < -0.4 is 0 Å². The van der Waals surface area contributed by atoms with Crippen LogP contribution in [0.2, 0.25) is 25.3 Å². The molecule has 0 N–H and O–H groups in total. The molecule has 0 aromatic rings. The topological polar surface area (TPSA) is 18.5 Å². The second kappa shape index (κ2) is 11.2. The maximum Gasteiger partial charge on any atom is 0.186 e. The van der Waals surface area contributed by atoms with Crippen molar-refractivity contribution in [2.75, 3.05) is 13.2 Å². The fraction of sp³-hybridized carbons (Fsp3) is 1.00. The summed E-state index contributed by atoms with van der Waals surface area (Å²) in [4.78, 5) is 0. The van der Waals surface area contributed by atoms with Crippen LogP contribution in [0.25, 0.3) is 0 Å². The quantitative estimate of drug-likeness (QED) is 0.389. The highest BCUT2D eigenvalue weighted by atomic mass is 28.4. The zero-order valence-corrected chi connectivity index (χ0v) is 15.4. The van der Waals surface area contributed by atoms with Crippen molar-refractivity contribution in [2.45, 2.75) is 77.7 Å². The summed E-state index contributed by atoms with van der Waals surface area (Å²) >= 11 is 0. The largest absolute Gasteiger partial charge is 0.421 e. The standard InChI is InChI=1S/C14H34O2Si2/c1-6-8-10-12-15-17(3)14-18(4,5)16-13-11-9-7-2/h17H,6-14H2,1-5H3. The van der Waals surface area contributed by atoms with E-state index in [-0.39, 0.29) is 0 Å². The van der Waals surface area contributed by atoms with Crippen LogP contribution in [-0.4, -0.2) is 30.6 Å². The van der Waals surface area contributed by atoms with E-state index in [1.165, 1.54) is 44.2 Å². The van der Waals surface area contributed by atoms with Crippen LogP contribution in [0.15, 0.2) is 0 Å². The molecule has 0 spiro atoms. The van der Waals surface area contributed by atoms with Crippen LogP contribution in [0.5, 0.6) is 0 Å². The van der Waals surface area contributed by atoms with Crippen LogP contribution >= 0.6 is 0 Å². The van der Waals surface area contributed by atoms with Gasteiger partial charge in [0.05, 0.1) is 0 Å². The van der Waals surface area contributed by atoms with Crippen molar-refractivity contribution >= 4 is 17.4 Å². The highest BCUT2D eigenvalue weighted by Gasteiger charge is 2.26. The van der Waals surface area contributed by atoms with Crippen molar-refractivity contribution in [3.63, 3.8) is 0 Å². The summed E-state index contributed by atoms with van der Waals surface area (Å²) < 4.78 is 12.1. The lowest BCUT2D eigenvalue weighted by Gasteiger charge is -2.25. The van der Waals surface area contributed by atoms with Gasteiger partial charge in [0.25, 0.3) is 0 Å². The Hall–Kier alpha value is 0.354. The SMILES string of the molecule is CCCCCO[SiH](C)C[Si](C)(C)OCCCCC. The first-order valence-corrected chi connectivity index (χ1v) is 13.3. The summed E-state index contributed by atoms with van der Waals surface area (Å²) in [6.07, 6.45) is 7.60. The molecule has 1 unspecified atom stereocenters. The zero-order chi connectivity index (χ0) is 13.9. The molecule has 0 aromatic heterocycles. The second-order valence-electron chi connectivity index (χ2n) is 5.91. The van der Waals surface area contributed by atoms with E-state index in [4.69, 9.17) is 8.85 Å². The molecule has 0 saturated carbocycles. The molecule has 110 valence electrons. The van der Waals surface area contributed by atoms with E-state index in [1.807, 2.05) is 0 Å². The van der Waals surface area contributed by atoms with E-state index in [9.17, 15) is 0 Å². The Morgan fingerprint density at radius 3 is 2.00 bits per heavy atom. The highest BCUT2D eigenvalue weighted by Crippen LogP contribution is 2.15. The summed E-state index contributed by atoms with van der Waals surface area (Å²) in [6, 6.07) is 0. The molecule has 0 aliphatic rings. The van der Waals surface area contributed by atoms with Crippen LogP contribution in [0.3, 0.4) is 0 Å². The van der Waals surface area contributed by atoms with E-state index in [0.717, 1.165) is 13.2 Å². The molecule has 0 rings (SSSR count). The molecule has 0 aliphatic carbocycles. The second-order valence-corrected chi connectivity index (χ2v) is 13.3. The van der Waals surface area contributed by atoms with Gasteiger partial charge in [0, 0.05) is 13.2 Å². The fourth-order valence-electron chi connectivity index (χ4n) is 2.15. The number of rotatable bonds is 12. The van der Waals surface area contributed by atoms with Gasteiger partial charge in [-0.15, -0.1) is 0 Å². The molecule has 1 atom stereocenters. The minimum Gasteiger partial charge on any atom is -0.421 e. The van der Waals surface area contributed by atoms with Gasteiger partial charge in [-0.3, -0.25) is 0 Å². The van der Waals surface area contributed by atoms with E-state index < -0.39 is 17.4 Å². The third-order valence-electron chi connectivity index (χ3n) is 3.17. The Morgan fingerprint density at radius 2 is 1.44 bits per heavy atom. The molecule has 0 heterocycles. The first-order chi connectivity index (χ1) is 8.52. The molecule has 0 bridgehead atoms. The summed E-state index contributed by atoms with van der Waals surface area (Å²) in [6.45, 7) is 13.4. The van der Waals surface area contributed by atoms with Crippen molar-refractivity contribution in [1.82, 2.24) is 0 Å². The third kappa shape index (κ3) is 11.4. The Morgan fingerprint density at radius 1 is 0.889 bits per heavy atom. The van der Waals surface area contributed by atoms with Crippen LogP contribution in [-0.2, 0) is 8.85 Å². The molecule has 18 heavy (non-hydrogen) atoms. The molecular formula is C14H34O2Si2. The zero-order valence-electron chi connectivity index (χ0n) is 13.3. The van der Waals surface area contributed by atoms with Gasteiger partial charge in [-0.25, -0.2) is 0 Å². The van der Waals surface area contributed by atoms with Gasteiger partial charge in [0.1, 0.15) is 0 Å². The first kappa shape index (κ1) is 18.4. The Bertz CT molecular complexity index is 187. The van der Waals surface area contributed by atoms with E-state index >= 15 is 0 Å². The van der Waals surface area contributed by atoms with Gasteiger partial charge in [-0.1, -0.05) is 39.5 Å². The van der Waals surface area contributed by atoms with Crippen molar-refractivity contribution in [2.24, 2.45) is 0 Å². The minimum absolute atomic E-state index is 0.962. The van der Waals surface area contributed by atoms with Gasteiger partial charge in [0.15, 0.2) is 17.4 Å². The van der Waals surface area contributed by atoms with Crippen molar-refractivity contribution in [3.05, 3.63) is 0 Å². The van der Waals surface area contributed by atoms with Gasteiger partial charge < -0.3 is 8.85 Å². The number of unbranched alkanes of at least 4 members (excludes halogenated alkanes) is 4. The summed E-state index contributed by atoms with van der Waals surface area (Å²) in [5, 5.41) is 0. The average molecular weight is 291 g/mol. The molecule has 0 fully saturated rings. The van der Waals surface area contributed by atoms with E-state index in [2.05, 4.69) is 33.5 Å². The number of hydrogen-bond donors (Lipinski definition) is 0. The maximum atomic E-state index is 6.12. The predicted octanol–water partition coefficient (Wildman–Crippen LogP) is 4.50.